The van der Waals surface area contributed by atoms with Gasteiger partial charge in [0.25, 0.3) is 0 Å². The lowest BCUT2D eigenvalue weighted by atomic mass is 9.97. The van der Waals surface area contributed by atoms with Crippen molar-refractivity contribution < 1.29 is 28.6 Å². The van der Waals surface area contributed by atoms with E-state index in [1.165, 1.54) is 36.4 Å². The molecule has 0 aliphatic rings. The first-order valence-electron chi connectivity index (χ1n) is 13.1. The Kier molecular flexibility index (Phi) is 9.99. The maximum absolute atomic E-state index is 13.2. The monoisotopic (exact) mass is 558 g/mol. The summed E-state index contributed by atoms with van der Waals surface area (Å²) in [6.07, 6.45) is 9.20. The molecule has 0 atom stereocenters. The Bertz CT molecular complexity index is 1480. The zero-order valence-corrected chi connectivity index (χ0v) is 23.6. The second-order valence-corrected chi connectivity index (χ2v) is 9.22. The van der Waals surface area contributed by atoms with Crippen LogP contribution in [0.4, 0.5) is 0 Å². The maximum atomic E-state index is 13.2. The Morgan fingerprint density at radius 2 is 0.738 bits per heavy atom. The first kappa shape index (κ1) is 29.5. The van der Waals surface area contributed by atoms with Crippen molar-refractivity contribution in [1.82, 2.24) is 0 Å². The summed E-state index contributed by atoms with van der Waals surface area (Å²) in [4.78, 5) is 39.7. The van der Waals surface area contributed by atoms with E-state index >= 15 is 0 Å². The number of hydrogen-bond donors (Lipinski definition) is 0. The molecular formula is C36H30O6. The van der Waals surface area contributed by atoms with Crippen LogP contribution in [0.2, 0.25) is 0 Å². The molecule has 0 amide bonds. The van der Waals surface area contributed by atoms with Crippen LogP contribution in [0.25, 0.3) is 18.2 Å². The summed E-state index contributed by atoms with van der Waals surface area (Å²) < 4.78 is 15.7. The Morgan fingerprint density at radius 3 is 1.00 bits per heavy atom. The molecule has 0 heterocycles. The minimum Gasteiger partial charge on any atom is -0.497 e. The molecule has 210 valence electrons. The second kappa shape index (κ2) is 14.2. The van der Waals surface area contributed by atoms with E-state index in [1.807, 2.05) is 54.6 Å². The number of rotatable bonds is 12. The van der Waals surface area contributed by atoms with Crippen molar-refractivity contribution in [2.75, 3.05) is 21.3 Å². The van der Waals surface area contributed by atoms with E-state index in [0.717, 1.165) is 16.7 Å². The van der Waals surface area contributed by atoms with E-state index in [1.54, 1.807) is 57.8 Å². The van der Waals surface area contributed by atoms with Crippen molar-refractivity contribution in [2.24, 2.45) is 0 Å². The SMILES string of the molecule is COc1cccc(/C=C/C(=O)c2cc(C(=O)/C=C/c3cccc(OC)c3)cc(C(=O)/C=C/c3cccc(OC)c3)c2)c1. The van der Waals surface area contributed by atoms with Gasteiger partial charge in [-0.2, -0.15) is 0 Å². The molecule has 0 unspecified atom stereocenters. The minimum atomic E-state index is -0.352. The number of ketones is 3. The minimum absolute atomic E-state index is 0.216. The van der Waals surface area contributed by atoms with Crippen LogP contribution < -0.4 is 14.2 Å². The van der Waals surface area contributed by atoms with Crippen LogP contribution in [-0.4, -0.2) is 38.7 Å². The van der Waals surface area contributed by atoms with Crippen molar-refractivity contribution in [3.63, 3.8) is 0 Å². The van der Waals surface area contributed by atoms with E-state index in [-0.39, 0.29) is 34.0 Å². The average molecular weight is 559 g/mol. The quantitative estimate of drug-likeness (QED) is 0.133. The Balaban J connectivity index is 1.66. The highest BCUT2D eigenvalue weighted by atomic mass is 16.5. The fourth-order valence-electron chi connectivity index (χ4n) is 4.09. The van der Waals surface area contributed by atoms with Gasteiger partial charge in [0.1, 0.15) is 17.2 Å². The van der Waals surface area contributed by atoms with Gasteiger partial charge in [0.05, 0.1) is 21.3 Å². The summed E-state index contributed by atoms with van der Waals surface area (Å²) in [6.45, 7) is 0. The van der Waals surface area contributed by atoms with Crippen molar-refractivity contribution in [3.8, 4) is 17.2 Å². The van der Waals surface area contributed by atoms with E-state index < -0.39 is 0 Å². The maximum Gasteiger partial charge on any atom is 0.185 e. The van der Waals surface area contributed by atoms with Gasteiger partial charge >= 0.3 is 0 Å². The number of allylic oxidation sites excluding steroid dienone is 3. The lowest BCUT2D eigenvalue weighted by Crippen LogP contribution is -2.05. The molecule has 0 radical (unpaired) electrons. The number of carbonyl (C=O) groups excluding carboxylic acids is 3. The van der Waals surface area contributed by atoms with Gasteiger partial charge in [0, 0.05) is 16.7 Å². The number of methoxy groups -OCH3 is 3. The summed E-state index contributed by atoms with van der Waals surface area (Å²) in [6, 6.07) is 26.3. The summed E-state index contributed by atoms with van der Waals surface area (Å²) >= 11 is 0. The van der Waals surface area contributed by atoms with Gasteiger partial charge in [0.2, 0.25) is 0 Å². The molecule has 4 aromatic rings. The molecule has 0 spiro atoms. The van der Waals surface area contributed by atoms with Crippen LogP contribution in [0.1, 0.15) is 47.8 Å². The Morgan fingerprint density at radius 1 is 0.452 bits per heavy atom. The molecule has 42 heavy (non-hydrogen) atoms. The average Bonchev–Trinajstić information content (AvgIpc) is 3.04. The third kappa shape index (κ3) is 8.02. The van der Waals surface area contributed by atoms with E-state index in [2.05, 4.69) is 0 Å². The molecule has 0 aliphatic heterocycles. The number of carbonyl (C=O) groups is 3. The first-order chi connectivity index (χ1) is 20.4. The third-order valence-electron chi connectivity index (χ3n) is 6.35. The number of hydrogen-bond acceptors (Lipinski definition) is 6. The second-order valence-electron chi connectivity index (χ2n) is 9.22. The molecule has 0 fully saturated rings. The molecule has 0 aliphatic carbocycles. The highest BCUT2D eigenvalue weighted by Gasteiger charge is 2.14. The summed E-state index contributed by atoms with van der Waals surface area (Å²) in [5.74, 6) is 0.933. The van der Waals surface area contributed by atoms with Crippen molar-refractivity contribution in [1.29, 1.82) is 0 Å². The molecule has 0 aromatic heterocycles. The summed E-state index contributed by atoms with van der Waals surface area (Å²) in [5.41, 5.74) is 2.96. The van der Waals surface area contributed by atoms with Crippen molar-refractivity contribution in [2.45, 2.75) is 0 Å². The molecule has 0 N–H and O–H groups in total. The van der Waals surface area contributed by atoms with Crippen LogP contribution in [0.15, 0.2) is 109 Å². The molecule has 4 aromatic carbocycles. The zero-order chi connectivity index (χ0) is 29.9. The predicted octanol–water partition coefficient (Wildman–Crippen LogP) is 7.40. The molecule has 6 heteroatoms. The van der Waals surface area contributed by atoms with Gasteiger partial charge in [0.15, 0.2) is 17.3 Å². The smallest absolute Gasteiger partial charge is 0.185 e. The Hall–Kier alpha value is -5.49. The molecule has 0 bridgehead atoms. The van der Waals surface area contributed by atoms with Gasteiger partial charge in [-0.25, -0.2) is 0 Å². The van der Waals surface area contributed by atoms with E-state index in [9.17, 15) is 14.4 Å². The van der Waals surface area contributed by atoms with Gasteiger partial charge < -0.3 is 14.2 Å². The van der Waals surface area contributed by atoms with Crippen LogP contribution >= 0.6 is 0 Å². The lowest BCUT2D eigenvalue weighted by molar-refractivity contribution is 0.104. The van der Waals surface area contributed by atoms with E-state index in [4.69, 9.17) is 14.2 Å². The van der Waals surface area contributed by atoms with Crippen LogP contribution in [0, 0.1) is 0 Å². The van der Waals surface area contributed by atoms with Gasteiger partial charge in [-0.3, -0.25) is 14.4 Å². The highest BCUT2D eigenvalue weighted by molar-refractivity contribution is 6.15. The summed E-state index contributed by atoms with van der Waals surface area (Å²) in [7, 11) is 4.71. The molecule has 4 rings (SSSR count). The van der Waals surface area contributed by atoms with Gasteiger partial charge in [-0.05, 0) is 89.5 Å². The lowest BCUT2D eigenvalue weighted by Gasteiger charge is -2.06. The highest BCUT2D eigenvalue weighted by Crippen LogP contribution is 2.19. The number of ether oxygens (including phenoxy) is 3. The predicted molar refractivity (Wildman–Crippen MR) is 166 cm³/mol. The third-order valence-corrected chi connectivity index (χ3v) is 6.35. The molecule has 6 nitrogen and oxygen atoms in total. The fraction of sp³-hybridized carbons (Fsp3) is 0.0833. The fourth-order valence-corrected chi connectivity index (χ4v) is 4.09. The molecule has 0 saturated heterocycles. The van der Waals surface area contributed by atoms with Crippen LogP contribution in [0.3, 0.4) is 0 Å². The molecule has 0 saturated carbocycles. The van der Waals surface area contributed by atoms with Crippen molar-refractivity contribution in [3.05, 3.63) is 143 Å². The largest absolute Gasteiger partial charge is 0.497 e. The van der Waals surface area contributed by atoms with Crippen LogP contribution in [-0.2, 0) is 0 Å². The topological polar surface area (TPSA) is 78.9 Å². The van der Waals surface area contributed by atoms with E-state index in [0.29, 0.717) is 17.2 Å². The van der Waals surface area contributed by atoms with Gasteiger partial charge in [-0.15, -0.1) is 0 Å². The standard InChI is InChI=1S/C36H30O6/c1-40-31-10-4-7-25(19-31)13-16-34(37)28-22-29(35(38)17-14-26-8-5-11-32(20-26)41-2)24-30(23-28)36(39)18-15-27-9-6-12-33(21-27)42-3/h4-24H,1-3H3/b16-13+,17-14+,18-15+. The van der Waals surface area contributed by atoms with Gasteiger partial charge in [-0.1, -0.05) is 54.6 Å². The molecular weight excluding hydrogens is 528 g/mol. The normalized spacial score (nSPS) is 11.2. The van der Waals surface area contributed by atoms with Crippen LogP contribution in [0.5, 0.6) is 17.2 Å². The van der Waals surface area contributed by atoms with Crippen molar-refractivity contribution >= 4 is 35.6 Å². The first-order valence-corrected chi connectivity index (χ1v) is 13.1. The number of benzene rings is 4. The summed E-state index contributed by atoms with van der Waals surface area (Å²) in [5, 5.41) is 0. The Labute approximate surface area is 245 Å². The zero-order valence-electron chi connectivity index (χ0n) is 23.6.